The molecule has 1 atom stereocenters. The highest BCUT2D eigenvalue weighted by Gasteiger charge is 2.44. The van der Waals surface area contributed by atoms with E-state index in [1.165, 1.54) is 55.3 Å². The van der Waals surface area contributed by atoms with E-state index >= 15 is 0 Å². The lowest BCUT2D eigenvalue weighted by atomic mass is 9.69. The molecule has 0 aromatic heterocycles. The summed E-state index contributed by atoms with van der Waals surface area (Å²) in [5.74, 6) is 0. The number of anilines is 1. The summed E-state index contributed by atoms with van der Waals surface area (Å²) < 4.78 is 0. The summed E-state index contributed by atoms with van der Waals surface area (Å²) in [5, 5.41) is 4.74. The van der Waals surface area contributed by atoms with Gasteiger partial charge >= 0.3 is 0 Å². The van der Waals surface area contributed by atoms with Gasteiger partial charge < -0.3 is 5.73 Å². The number of para-hydroxylation sites is 1. The van der Waals surface area contributed by atoms with Gasteiger partial charge in [0, 0.05) is 17.3 Å². The van der Waals surface area contributed by atoms with Gasteiger partial charge in [0.2, 0.25) is 0 Å². The standard InChI is InChI=1S/C55H47N.C6H7N/c1-4-6-8-10-11-12-13-22-43-23-21-28-47(39-43)49-32-34-54-52(41-49)51-29-18-19-30-53(51)55(54,50-33-31-44-24-14-17-27-48(44)40-50)36-35-45-25-15-16-26-46(45)38-42(3)56-37-20-9-7-5-2;7-6-4-2-1-3-5-6/h4-35,37-41H,3,36H2,1-2H3;1-5H,7H2/b6-4+,7-5-,10-8-,12-11-,20-9-,22-13-,45-35-,46-38-,56-37?;. The Morgan fingerprint density at radius 3 is 1.97 bits per heavy atom. The fourth-order valence-corrected chi connectivity index (χ4v) is 8.14. The molecule has 0 aliphatic heterocycles. The van der Waals surface area contributed by atoms with Crippen molar-refractivity contribution >= 4 is 40.9 Å². The predicted molar refractivity (Wildman–Crippen MR) is 275 cm³/mol. The first-order chi connectivity index (χ1) is 31.0. The molecule has 1 aliphatic carbocycles. The van der Waals surface area contributed by atoms with Crippen LogP contribution in [0.1, 0.15) is 42.5 Å². The zero-order valence-corrected chi connectivity index (χ0v) is 36.2. The molecule has 7 aromatic rings. The minimum atomic E-state index is -0.410. The highest BCUT2D eigenvalue weighted by atomic mass is 14.7. The molecule has 0 fully saturated rings. The SMILES string of the molecule is C=C(/C=c1/cccc/c1=C/CC1(c2ccc3ccccc3c2)c2ccccc2-c2cc(-c3cccc(\C=C/C=C\C=C/C=C/C)c3)ccc21)N=C/C=C\C=C/C.Nc1ccccc1. The van der Waals surface area contributed by atoms with Crippen LogP contribution < -0.4 is 16.2 Å². The Morgan fingerprint density at radius 2 is 1.19 bits per heavy atom. The second kappa shape index (κ2) is 21.6. The molecule has 2 N–H and O–H groups in total. The van der Waals surface area contributed by atoms with Gasteiger partial charge in [-0.2, -0.15) is 0 Å². The highest BCUT2D eigenvalue weighted by Crippen LogP contribution is 2.55. The Labute approximate surface area is 373 Å². The van der Waals surface area contributed by atoms with Crippen LogP contribution in [0.15, 0.2) is 248 Å². The number of hydrogen-bond acceptors (Lipinski definition) is 2. The predicted octanol–water partition coefficient (Wildman–Crippen LogP) is 14.2. The third-order valence-electron chi connectivity index (χ3n) is 11.1. The summed E-state index contributed by atoms with van der Waals surface area (Å²) in [7, 11) is 0. The van der Waals surface area contributed by atoms with Crippen LogP contribution in [0.5, 0.6) is 0 Å². The molecule has 2 heteroatoms. The summed E-state index contributed by atoms with van der Waals surface area (Å²) in [6.07, 6.45) is 31.4. The van der Waals surface area contributed by atoms with Gasteiger partial charge in [0.25, 0.3) is 0 Å². The molecule has 0 bridgehead atoms. The first kappa shape index (κ1) is 43.3. The molecule has 0 radical (unpaired) electrons. The van der Waals surface area contributed by atoms with Crippen molar-refractivity contribution < 1.29 is 0 Å². The van der Waals surface area contributed by atoms with Crippen LogP contribution in [0.25, 0.3) is 51.3 Å². The zero-order chi connectivity index (χ0) is 43.7. The van der Waals surface area contributed by atoms with Crippen LogP contribution in [0, 0.1) is 0 Å². The molecule has 63 heavy (non-hydrogen) atoms. The van der Waals surface area contributed by atoms with Gasteiger partial charge in [-0.3, -0.25) is 4.99 Å². The van der Waals surface area contributed by atoms with Crippen molar-refractivity contribution in [2.45, 2.75) is 25.7 Å². The summed E-state index contributed by atoms with van der Waals surface area (Å²) in [5.41, 5.74) is 16.6. The van der Waals surface area contributed by atoms with E-state index in [1.54, 1.807) is 6.21 Å². The van der Waals surface area contributed by atoms with E-state index in [9.17, 15) is 0 Å². The monoisotopic (exact) mass is 814 g/mol. The quantitative estimate of drug-likeness (QED) is 0.0745. The van der Waals surface area contributed by atoms with Crippen LogP contribution in [-0.2, 0) is 5.41 Å². The van der Waals surface area contributed by atoms with Crippen LogP contribution >= 0.6 is 0 Å². The first-order valence-corrected chi connectivity index (χ1v) is 21.6. The Balaban J connectivity index is 0.000000775. The van der Waals surface area contributed by atoms with Gasteiger partial charge in [-0.1, -0.05) is 213 Å². The lowest BCUT2D eigenvalue weighted by Crippen LogP contribution is -2.29. The summed E-state index contributed by atoms with van der Waals surface area (Å²) >= 11 is 0. The van der Waals surface area contributed by atoms with Crippen LogP contribution in [0.2, 0.25) is 0 Å². The molecule has 0 saturated carbocycles. The number of benzene rings is 7. The Bertz CT molecular complexity index is 3030. The van der Waals surface area contributed by atoms with Gasteiger partial charge in [-0.25, -0.2) is 0 Å². The topological polar surface area (TPSA) is 38.4 Å². The second-order valence-corrected chi connectivity index (χ2v) is 15.3. The third-order valence-corrected chi connectivity index (χ3v) is 11.1. The Hall–Kier alpha value is -7.81. The maximum Gasteiger partial charge on any atom is 0.0564 e. The van der Waals surface area contributed by atoms with E-state index in [1.807, 2.05) is 98.9 Å². The van der Waals surface area contributed by atoms with E-state index in [-0.39, 0.29) is 0 Å². The number of nitrogens with two attached hydrogens (primary N) is 1. The van der Waals surface area contributed by atoms with Gasteiger partial charge in [0.1, 0.15) is 0 Å². The highest BCUT2D eigenvalue weighted by molar-refractivity contribution is 5.90. The molecule has 8 rings (SSSR count). The van der Waals surface area contributed by atoms with Crippen LogP contribution in [-0.4, -0.2) is 6.21 Å². The smallest absolute Gasteiger partial charge is 0.0564 e. The van der Waals surface area contributed by atoms with Crippen molar-refractivity contribution in [2.75, 3.05) is 5.73 Å². The van der Waals surface area contributed by atoms with Crippen molar-refractivity contribution in [3.8, 4) is 22.3 Å². The number of aliphatic imine (C=N–C) groups is 1. The summed E-state index contributed by atoms with van der Waals surface area (Å²) in [6.45, 7) is 8.25. The molecule has 1 unspecified atom stereocenters. The molecule has 0 heterocycles. The van der Waals surface area contributed by atoms with Crippen molar-refractivity contribution in [3.63, 3.8) is 0 Å². The lowest BCUT2D eigenvalue weighted by molar-refractivity contribution is 0.662. The molecular weight excluding hydrogens is 761 g/mol. The fraction of sp³-hybridized carbons (Fsp3) is 0.0656. The molecule has 1 aliphatic rings. The van der Waals surface area contributed by atoms with Gasteiger partial charge in [-0.15, -0.1) is 0 Å². The van der Waals surface area contributed by atoms with E-state index in [4.69, 9.17) is 5.73 Å². The molecule has 0 amide bonds. The molecular formula is C61H54N2. The van der Waals surface area contributed by atoms with Gasteiger partial charge in [0.15, 0.2) is 0 Å². The number of allylic oxidation sites excluding steroid dienone is 12. The van der Waals surface area contributed by atoms with E-state index in [0.29, 0.717) is 5.70 Å². The minimum absolute atomic E-state index is 0.410. The lowest BCUT2D eigenvalue weighted by Gasteiger charge is -2.32. The average Bonchev–Trinajstić information content (AvgIpc) is 3.61. The number of fused-ring (bicyclic) bond motifs is 4. The summed E-state index contributed by atoms with van der Waals surface area (Å²) in [4.78, 5) is 4.57. The normalized spacial score (nSPS) is 15.5. The maximum atomic E-state index is 5.36. The number of hydrogen-bond donors (Lipinski definition) is 1. The average molecular weight is 815 g/mol. The zero-order valence-electron chi connectivity index (χ0n) is 36.2. The largest absolute Gasteiger partial charge is 0.399 e. The van der Waals surface area contributed by atoms with Crippen LogP contribution in [0.4, 0.5) is 5.69 Å². The second-order valence-electron chi connectivity index (χ2n) is 15.3. The molecule has 7 aromatic carbocycles. The Kier molecular flexibility index (Phi) is 14.9. The van der Waals surface area contributed by atoms with Gasteiger partial charge in [0.05, 0.1) is 5.70 Å². The van der Waals surface area contributed by atoms with Crippen molar-refractivity contribution in [2.24, 2.45) is 4.99 Å². The Morgan fingerprint density at radius 1 is 0.540 bits per heavy atom. The minimum Gasteiger partial charge on any atom is -0.399 e. The van der Waals surface area contributed by atoms with Gasteiger partial charge in [-0.05, 0) is 128 Å². The molecule has 0 spiro atoms. The third kappa shape index (κ3) is 10.7. The van der Waals surface area contributed by atoms with E-state index < -0.39 is 5.41 Å². The molecule has 2 nitrogen and oxygen atoms in total. The van der Waals surface area contributed by atoms with Crippen LogP contribution in [0.3, 0.4) is 0 Å². The molecule has 308 valence electrons. The van der Waals surface area contributed by atoms with Crippen molar-refractivity contribution in [1.29, 1.82) is 0 Å². The first-order valence-electron chi connectivity index (χ1n) is 21.6. The maximum absolute atomic E-state index is 5.36. The van der Waals surface area contributed by atoms with Crippen molar-refractivity contribution in [1.82, 2.24) is 0 Å². The fourth-order valence-electron chi connectivity index (χ4n) is 8.14. The number of rotatable bonds is 12. The number of nitrogen functional groups attached to an aromatic ring is 1. The van der Waals surface area contributed by atoms with E-state index in [2.05, 4.69) is 175 Å². The van der Waals surface area contributed by atoms with E-state index in [0.717, 1.165) is 22.5 Å². The summed E-state index contributed by atoms with van der Waals surface area (Å²) in [6, 6.07) is 58.6. The van der Waals surface area contributed by atoms with Crippen molar-refractivity contribution in [3.05, 3.63) is 276 Å². The molecule has 0 saturated heterocycles. The number of nitrogens with zero attached hydrogens (tertiary/aromatic N) is 1.